The van der Waals surface area contributed by atoms with E-state index in [1.807, 2.05) is 0 Å². The first-order valence-electron chi connectivity index (χ1n) is 3.31. The second-order valence-corrected chi connectivity index (χ2v) is 2.57. The summed E-state index contributed by atoms with van der Waals surface area (Å²) in [5, 5.41) is 0.299. The van der Waals surface area contributed by atoms with Gasteiger partial charge in [-0.3, -0.25) is 4.79 Å². The van der Waals surface area contributed by atoms with Crippen molar-refractivity contribution in [3.8, 4) is 0 Å². The molecule has 0 aromatic heterocycles. The molecule has 0 amide bonds. The second kappa shape index (κ2) is 4.02. The maximum Gasteiger partial charge on any atom is 0.142 e. The van der Waals surface area contributed by atoms with Gasteiger partial charge >= 0.3 is 0 Å². The minimum Gasteiger partial charge on any atom is -0.299 e. The number of carbonyl (C=O) groups is 1. The fourth-order valence-corrected chi connectivity index (χ4v) is 1.01. The van der Waals surface area contributed by atoms with Crippen LogP contribution in [0.1, 0.15) is 5.56 Å². The van der Waals surface area contributed by atoms with Crippen LogP contribution < -0.4 is 0 Å². The first-order chi connectivity index (χ1) is 5.74. The number of hydrogen-bond donors (Lipinski definition) is 0. The molecule has 0 saturated carbocycles. The Labute approximate surface area is 74.5 Å². The number of hydrogen-bond acceptors (Lipinski definition) is 1. The number of carbonyl (C=O) groups excluding carboxylic acids is 1. The molecule has 0 unspecified atom stereocenters. The summed E-state index contributed by atoms with van der Waals surface area (Å²) in [6.07, 6.45) is 3.47. The summed E-state index contributed by atoms with van der Waals surface area (Å²) in [5.74, 6) is -0.386. The smallest absolute Gasteiger partial charge is 0.142 e. The summed E-state index contributed by atoms with van der Waals surface area (Å²) in [4.78, 5) is 9.95. The van der Waals surface area contributed by atoms with Crippen molar-refractivity contribution in [1.82, 2.24) is 0 Å². The molecule has 0 radical (unpaired) electrons. The van der Waals surface area contributed by atoms with Gasteiger partial charge in [-0.2, -0.15) is 0 Å². The third-order valence-corrected chi connectivity index (χ3v) is 1.64. The molecule has 1 aromatic rings. The average molecular weight is 185 g/mol. The van der Waals surface area contributed by atoms with E-state index in [9.17, 15) is 9.18 Å². The van der Waals surface area contributed by atoms with E-state index in [4.69, 9.17) is 11.6 Å². The molecule has 0 aliphatic heterocycles. The Balaban J connectivity index is 3.01. The predicted octanol–water partition coefficient (Wildman–Crippen LogP) is 2.69. The number of benzene rings is 1. The van der Waals surface area contributed by atoms with E-state index in [1.165, 1.54) is 30.4 Å². The molecular weight excluding hydrogens is 179 g/mol. The Hall–Kier alpha value is -1.15. The van der Waals surface area contributed by atoms with Crippen LogP contribution in [0.15, 0.2) is 24.3 Å². The van der Waals surface area contributed by atoms with E-state index >= 15 is 0 Å². The zero-order valence-electron chi connectivity index (χ0n) is 6.13. The van der Waals surface area contributed by atoms with Gasteiger partial charge in [0.15, 0.2) is 0 Å². The van der Waals surface area contributed by atoms with E-state index < -0.39 is 0 Å². The van der Waals surface area contributed by atoms with Crippen LogP contribution in [0.4, 0.5) is 4.39 Å². The second-order valence-electron chi connectivity index (χ2n) is 2.16. The van der Waals surface area contributed by atoms with E-state index in [-0.39, 0.29) is 5.82 Å². The minimum absolute atomic E-state index is 0.299. The van der Waals surface area contributed by atoms with E-state index in [2.05, 4.69) is 0 Å². The summed E-state index contributed by atoms with van der Waals surface area (Å²) in [6.45, 7) is 0. The van der Waals surface area contributed by atoms with Gasteiger partial charge in [-0.1, -0.05) is 23.7 Å². The molecule has 0 aliphatic rings. The van der Waals surface area contributed by atoms with Crippen LogP contribution in [0.25, 0.3) is 6.08 Å². The maximum atomic E-state index is 12.5. The molecule has 1 nitrogen and oxygen atoms in total. The van der Waals surface area contributed by atoms with Crippen LogP contribution in [0, 0.1) is 5.82 Å². The molecule has 1 aromatic carbocycles. The van der Waals surface area contributed by atoms with E-state index in [0.29, 0.717) is 16.9 Å². The van der Waals surface area contributed by atoms with Crippen LogP contribution in [-0.2, 0) is 4.79 Å². The topological polar surface area (TPSA) is 17.1 Å². The van der Waals surface area contributed by atoms with Crippen LogP contribution in [0.5, 0.6) is 0 Å². The van der Waals surface area contributed by atoms with E-state index in [0.717, 1.165) is 0 Å². The summed E-state index contributed by atoms with van der Waals surface area (Å²) >= 11 is 5.66. The van der Waals surface area contributed by atoms with Crippen LogP contribution in [0.3, 0.4) is 0 Å². The third kappa shape index (κ3) is 2.17. The maximum absolute atomic E-state index is 12.5. The van der Waals surface area contributed by atoms with Gasteiger partial charge in [-0.25, -0.2) is 4.39 Å². The highest BCUT2D eigenvalue weighted by atomic mass is 35.5. The molecule has 0 spiro atoms. The highest BCUT2D eigenvalue weighted by Gasteiger charge is 1.96. The first kappa shape index (κ1) is 8.94. The number of allylic oxidation sites excluding steroid dienone is 1. The molecule has 0 N–H and O–H groups in total. The van der Waals surface area contributed by atoms with Crippen molar-refractivity contribution in [3.05, 3.63) is 40.7 Å². The average Bonchev–Trinajstić information content (AvgIpc) is 2.03. The number of aldehydes is 1. The van der Waals surface area contributed by atoms with Crippen LogP contribution >= 0.6 is 11.6 Å². The third-order valence-electron chi connectivity index (χ3n) is 1.32. The first-order valence-corrected chi connectivity index (χ1v) is 3.69. The van der Waals surface area contributed by atoms with E-state index in [1.54, 1.807) is 0 Å². The minimum atomic E-state index is -0.386. The van der Waals surface area contributed by atoms with Crippen LogP contribution in [-0.4, -0.2) is 6.29 Å². The Morgan fingerprint density at radius 1 is 1.42 bits per heavy atom. The van der Waals surface area contributed by atoms with Crippen molar-refractivity contribution in [3.63, 3.8) is 0 Å². The van der Waals surface area contributed by atoms with Crippen molar-refractivity contribution < 1.29 is 9.18 Å². The Bertz CT molecular complexity index is 320. The molecule has 1 rings (SSSR count). The monoisotopic (exact) mass is 184 g/mol. The molecular formula is C9H6ClFO. The lowest BCUT2D eigenvalue weighted by atomic mass is 10.2. The van der Waals surface area contributed by atoms with Crippen molar-refractivity contribution in [2.75, 3.05) is 0 Å². The normalized spacial score (nSPS) is 10.5. The van der Waals surface area contributed by atoms with Gasteiger partial charge in [0.05, 0.1) is 5.02 Å². The van der Waals surface area contributed by atoms with Crippen molar-refractivity contribution in [1.29, 1.82) is 0 Å². The molecule has 12 heavy (non-hydrogen) atoms. The number of rotatable bonds is 2. The molecule has 0 saturated heterocycles. The number of halogens is 2. The molecule has 0 atom stereocenters. The molecule has 3 heteroatoms. The lowest BCUT2D eigenvalue weighted by Crippen LogP contribution is -1.78. The van der Waals surface area contributed by atoms with Gasteiger partial charge < -0.3 is 0 Å². The van der Waals surface area contributed by atoms with Gasteiger partial charge in [-0.05, 0) is 23.8 Å². The Kier molecular flexibility index (Phi) is 3.00. The Morgan fingerprint density at radius 3 is 2.75 bits per heavy atom. The molecule has 0 bridgehead atoms. The molecule has 62 valence electrons. The predicted molar refractivity (Wildman–Crippen MR) is 46.5 cm³/mol. The van der Waals surface area contributed by atoms with Crippen molar-refractivity contribution >= 4 is 24.0 Å². The lowest BCUT2D eigenvalue weighted by Gasteiger charge is -1.95. The van der Waals surface area contributed by atoms with Gasteiger partial charge in [0, 0.05) is 0 Å². The highest BCUT2D eigenvalue weighted by molar-refractivity contribution is 6.32. The summed E-state index contributed by atoms with van der Waals surface area (Å²) in [6, 6.07) is 4.00. The summed E-state index contributed by atoms with van der Waals surface area (Å²) in [7, 11) is 0. The van der Waals surface area contributed by atoms with Gasteiger partial charge in [0.1, 0.15) is 12.1 Å². The fraction of sp³-hybridized carbons (Fsp3) is 0. The van der Waals surface area contributed by atoms with Crippen molar-refractivity contribution in [2.45, 2.75) is 0 Å². The Morgan fingerprint density at radius 2 is 2.17 bits per heavy atom. The standard InChI is InChI=1S/C9H6ClFO/c10-9-6-8(11)4-3-7(9)2-1-5-12/h1-6H/b2-1-. The zero-order chi connectivity index (χ0) is 8.97. The largest absolute Gasteiger partial charge is 0.299 e. The van der Waals surface area contributed by atoms with Crippen LogP contribution in [0.2, 0.25) is 5.02 Å². The molecule has 0 aliphatic carbocycles. The van der Waals surface area contributed by atoms with Gasteiger partial charge in [0.2, 0.25) is 0 Å². The molecule has 0 fully saturated rings. The quantitative estimate of drug-likeness (QED) is 0.510. The van der Waals surface area contributed by atoms with Gasteiger partial charge in [-0.15, -0.1) is 0 Å². The summed E-state index contributed by atoms with van der Waals surface area (Å²) in [5.41, 5.74) is 0.630. The molecule has 0 heterocycles. The highest BCUT2D eigenvalue weighted by Crippen LogP contribution is 2.18. The van der Waals surface area contributed by atoms with Gasteiger partial charge in [0.25, 0.3) is 0 Å². The zero-order valence-corrected chi connectivity index (χ0v) is 6.88. The fourth-order valence-electron chi connectivity index (χ4n) is 0.780. The lowest BCUT2D eigenvalue weighted by molar-refractivity contribution is -0.104. The van der Waals surface area contributed by atoms with Crippen molar-refractivity contribution in [2.24, 2.45) is 0 Å². The summed E-state index contributed by atoms with van der Waals surface area (Å²) < 4.78 is 12.5. The SMILES string of the molecule is O=C/C=C\c1ccc(F)cc1Cl.